The molecule has 5 heterocycles. The molecular weight excluding hydrogens is 398 g/mol. The molecular formula is C22H23N5O2S. The first kappa shape index (κ1) is 18.9. The van der Waals surface area contributed by atoms with Crippen LogP contribution in [-0.2, 0) is 10.3 Å². The second kappa shape index (κ2) is 6.98. The fourth-order valence-corrected chi connectivity index (χ4v) is 5.26. The second-order valence-corrected chi connectivity index (χ2v) is 8.92. The number of carbonyl (C=O) groups excluding carboxylic acids is 2. The van der Waals surface area contributed by atoms with Gasteiger partial charge in [-0.1, -0.05) is 6.07 Å². The van der Waals surface area contributed by atoms with E-state index in [4.69, 9.17) is 0 Å². The molecule has 3 aromatic heterocycles. The maximum Gasteiger partial charge on any atom is 0.264 e. The lowest BCUT2D eigenvalue weighted by Crippen LogP contribution is -2.55. The average Bonchev–Trinajstić information content (AvgIpc) is 3.51. The summed E-state index contributed by atoms with van der Waals surface area (Å²) in [6.45, 7) is 1.41. The molecule has 1 spiro atoms. The van der Waals surface area contributed by atoms with Crippen LogP contribution in [0.15, 0.2) is 54.2 Å². The number of amides is 2. The molecule has 5 rings (SSSR count). The SMILES string of the molecule is CN(C)C(=O)CN1c2cccnc2-n2cccc2C12CCN(C(=O)c1cccs1)C2. The van der Waals surface area contributed by atoms with Gasteiger partial charge in [-0.15, -0.1) is 11.3 Å². The number of thiophene rings is 1. The maximum atomic E-state index is 13.1. The lowest BCUT2D eigenvalue weighted by Gasteiger charge is -2.46. The summed E-state index contributed by atoms with van der Waals surface area (Å²) in [6, 6.07) is 11.8. The minimum absolute atomic E-state index is 0.0206. The van der Waals surface area contributed by atoms with E-state index in [1.807, 2.05) is 46.8 Å². The molecule has 0 saturated carbocycles. The zero-order valence-electron chi connectivity index (χ0n) is 17.0. The maximum absolute atomic E-state index is 13.1. The Hall–Kier alpha value is -3.13. The summed E-state index contributed by atoms with van der Waals surface area (Å²) >= 11 is 1.46. The van der Waals surface area contributed by atoms with Gasteiger partial charge in [0.1, 0.15) is 5.54 Å². The molecule has 7 nitrogen and oxygen atoms in total. The third-order valence-electron chi connectivity index (χ3n) is 6.09. The van der Waals surface area contributed by atoms with Crippen LogP contribution in [0.3, 0.4) is 0 Å². The predicted molar refractivity (Wildman–Crippen MR) is 116 cm³/mol. The van der Waals surface area contributed by atoms with Crippen LogP contribution in [0.1, 0.15) is 21.8 Å². The van der Waals surface area contributed by atoms with Gasteiger partial charge in [-0.2, -0.15) is 0 Å². The molecule has 8 heteroatoms. The van der Waals surface area contributed by atoms with Crippen molar-refractivity contribution >= 4 is 28.8 Å². The molecule has 3 aromatic rings. The number of rotatable bonds is 3. The molecule has 0 aromatic carbocycles. The van der Waals surface area contributed by atoms with Crippen molar-refractivity contribution in [2.45, 2.75) is 12.0 Å². The third-order valence-corrected chi connectivity index (χ3v) is 6.94. The number of hydrogen-bond acceptors (Lipinski definition) is 5. The minimum atomic E-state index is -0.474. The zero-order chi connectivity index (χ0) is 20.9. The molecule has 1 unspecified atom stereocenters. The lowest BCUT2D eigenvalue weighted by molar-refractivity contribution is -0.127. The largest absolute Gasteiger partial charge is 0.347 e. The van der Waals surface area contributed by atoms with Crippen molar-refractivity contribution < 1.29 is 9.59 Å². The Morgan fingerprint density at radius 2 is 2.07 bits per heavy atom. The van der Waals surface area contributed by atoms with Crippen molar-refractivity contribution in [2.75, 3.05) is 38.6 Å². The third kappa shape index (κ3) is 2.74. The van der Waals surface area contributed by atoms with Crippen LogP contribution in [-0.4, -0.2) is 64.9 Å². The van der Waals surface area contributed by atoms with E-state index in [-0.39, 0.29) is 18.4 Å². The number of anilines is 1. The van der Waals surface area contributed by atoms with Crippen molar-refractivity contribution in [2.24, 2.45) is 0 Å². The van der Waals surface area contributed by atoms with Crippen LogP contribution >= 0.6 is 11.3 Å². The van der Waals surface area contributed by atoms with Crippen molar-refractivity contribution in [1.29, 1.82) is 0 Å². The Balaban J connectivity index is 1.60. The number of nitrogens with zero attached hydrogens (tertiary/aromatic N) is 5. The Morgan fingerprint density at radius 3 is 2.83 bits per heavy atom. The van der Waals surface area contributed by atoms with E-state index in [0.29, 0.717) is 13.1 Å². The highest BCUT2D eigenvalue weighted by Gasteiger charge is 2.51. The Kier molecular flexibility index (Phi) is 4.39. The Morgan fingerprint density at radius 1 is 1.20 bits per heavy atom. The molecule has 154 valence electrons. The molecule has 2 aliphatic rings. The summed E-state index contributed by atoms with van der Waals surface area (Å²) in [4.78, 5) is 36.9. The molecule has 0 aliphatic carbocycles. The van der Waals surface area contributed by atoms with Gasteiger partial charge < -0.3 is 19.3 Å². The highest BCUT2D eigenvalue weighted by molar-refractivity contribution is 7.12. The molecule has 30 heavy (non-hydrogen) atoms. The molecule has 0 bridgehead atoms. The fourth-order valence-electron chi connectivity index (χ4n) is 4.56. The second-order valence-electron chi connectivity index (χ2n) is 7.97. The predicted octanol–water partition coefficient (Wildman–Crippen LogP) is 2.58. The van der Waals surface area contributed by atoms with Gasteiger partial charge in [0, 0.05) is 39.6 Å². The van der Waals surface area contributed by atoms with Gasteiger partial charge in [0.25, 0.3) is 5.91 Å². The number of carbonyl (C=O) groups is 2. The standard InChI is InChI=1S/C22H23N5O2S/c1-24(2)19(28)14-27-16-6-3-10-23-20(16)26-11-4-8-18(26)22(27)9-12-25(15-22)21(29)17-7-5-13-30-17/h3-8,10-11,13H,9,12,14-15H2,1-2H3. The monoisotopic (exact) mass is 421 g/mol. The van der Waals surface area contributed by atoms with Gasteiger partial charge in [-0.3, -0.25) is 9.59 Å². The number of hydrogen-bond donors (Lipinski definition) is 0. The first-order valence-corrected chi connectivity index (χ1v) is 10.8. The van der Waals surface area contributed by atoms with Crippen LogP contribution in [0.4, 0.5) is 5.69 Å². The van der Waals surface area contributed by atoms with Crippen molar-refractivity contribution in [3.8, 4) is 5.82 Å². The summed E-state index contributed by atoms with van der Waals surface area (Å²) in [5, 5.41) is 1.93. The van der Waals surface area contributed by atoms with E-state index in [2.05, 4.69) is 20.5 Å². The van der Waals surface area contributed by atoms with Gasteiger partial charge in [0.05, 0.1) is 22.8 Å². The first-order chi connectivity index (χ1) is 14.5. The van der Waals surface area contributed by atoms with Crippen LogP contribution in [0.25, 0.3) is 5.82 Å². The van der Waals surface area contributed by atoms with Gasteiger partial charge >= 0.3 is 0 Å². The van der Waals surface area contributed by atoms with Crippen LogP contribution in [0.5, 0.6) is 0 Å². The molecule has 1 atom stereocenters. The quantitative estimate of drug-likeness (QED) is 0.652. The van der Waals surface area contributed by atoms with E-state index >= 15 is 0 Å². The zero-order valence-corrected chi connectivity index (χ0v) is 17.8. The molecule has 0 N–H and O–H groups in total. The van der Waals surface area contributed by atoms with E-state index < -0.39 is 5.54 Å². The molecule has 2 amide bonds. The smallest absolute Gasteiger partial charge is 0.264 e. The van der Waals surface area contributed by atoms with Gasteiger partial charge in [-0.05, 0) is 42.1 Å². The molecule has 1 saturated heterocycles. The topological polar surface area (TPSA) is 61.7 Å². The van der Waals surface area contributed by atoms with Crippen molar-refractivity contribution in [1.82, 2.24) is 19.4 Å². The minimum Gasteiger partial charge on any atom is -0.347 e. The van der Waals surface area contributed by atoms with Crippen molar-refractivity contribution in [3.05, 3.63) is 64.7 Å². The Bertz CT molecular complexity index is 1110. The normalized spacial score (nSPS) is 19.7. The van der Waals surface area contributed by atoms with E-state index in [0.717, 1.165) is 28.5 Å². The summed E-state index contributed by atoms with van der Waals surface area (Å²) in [5.41, 5.74) is 1.52. The first-order valence-electron chi connectivity index (χ1n) is 9.95. The van der Waals surface area contributed by atoms with Gasteiger partial charge in [0.2, 0.25) is 5.91 Å². The average molecular weight is 422 g/mol. The van der Waals surface area contributed by atoms with Crippen LogP contribution in [0, 0.1) is 0 Å². The number of aromatic nitrogens is 2. The fraction of sp³-hybridized carbons (Fsp3) is 0.318. The van der Waals surface area contributed by atoms with Crippen LogP contribution < -0.4 is 4.90 Å². The van der Waals surface area contributed by atoms with Crippen molar-refractivity contribution in [3.63, 3.8) is 0 Å². The number of fused-ring (bicyclic) bond motifs is 4. The highest BCUT2D eigenvalue weighted by Crippen LogP contribution is 2.47. The number of likely N-dealkylation sites (N-methyl/N-ethyl adjacent to an activating group) is 1. The number of likely N-dealkylation sites (tertiary alicyclic amines) is 1. The van der Waals surface area contributed by atoms with Gasteiger partial charge in [-0.25, -0.2) is 4.98 Å². The van der Waals surface area contributed by atoms with E-state index in [1.165, 1.54) is 11.3 Å². The summed E-state index contributed by atoms with van der Waals surface area (Å²) in [5.74, 6) is 0.890. The highest BCUT2D eigenvalue weighted by atomic mass is 32.1. The number of pyridine rings is 1. The lowest BCUT2D eigenvalue weighted by atomic mass is 9.88. The summed E-state index contributed by atoms with van der Waals surface area (Å²) < 4.78 is 2.10. The molecule has 1 fully saturated rings. The Labute approximate surface area is 179 Å². The molecule has 0 radical (unpaired) electrons. The summed E-state index contributed by atoms with van der Waals surface area (Å²) in [7, 11) is 3.54. The van der Waals surface area contributed by atoms with E-state index in [9.17, 15) is 9.59 Å². The van der Waals surface area contributed by atoms with Gasteiger partial charge in [0.15, 0.2) is 5.82 Å². The van der Waals surface area contributed by atoms with Crippen LogP contribution in [0.2, 0.25) is 0 Å². The summed E-state index contributed by atoms with van der Waals surface area (Å²) in [6.07, 6.45) is 4.54. The molecule has 2 aliphatic heterocycles. The van der Waals surface area contributed by atoms with E-state index in [1.54, 1.807) is 25.2 Å².